The first-order valence-electron chi connectivity index (χ1n) is 7.00. The van der Waals surface area contributed by atoms with Crippen LogP contribution in [0.4, 0.5) is 5.82 Å². The van der Waals surface area contributed by atoms with Gasteiger partial charge in [-0.1, -0.05) is 25.4 Å². The van der Waals surface area contributed by atoms with Crippen LogP contribution in [0.2, 0.25) is 5.15 Å². The lowest BCUT2D eigenvalue weighted by Crippen LogP contribution is -2.31. The van der Waals surface area contributed by atoms with Gasteiger partial charge in [0, 0.05) is 11.5 Å². The first-order valence-corrected chi connectivity index (χ1v) is 7.38. The molecule has 2 fully saturated rings. The molecule has 0 aliphatic carbocycles. The van der Waals surface area contributed by atoms with E-state index in [1.54, 1.807) is 0 Å². The Hall–Kier alpha value is -0.870. The van der Waals surface area contributed by atoms with Crippen molar-refractivity contribution in [1.29, 1.82) is 0 Å². The van der Waals surface area contributed by atoms with Crippen LogP contribution in [0.1, 0.15) is 50.4 Å². The standard InChI is InChI=1S/C14H20ClN3O/c1-7(2)13-17-12(15)8(3)14(18-13)16-10-6-9-4-5-11(10)19-9/h7,9-11H,4-6H2,1-3H3,(H,16,17,18). The van der Waals surface area contributed by atoms with Crippen LogP contribution in [0.3, 0.4) is 0 Å². The fourth-order valence-electron chi connectivity index (χ4n) is 2.87. The summed E-state index contributed by atoms with van der Waals surface area (Å²) in [5.41, 5.74) is 0.925. The molecule has 3 heterocycles. The maximum Gasteiger partial charge on any atom is 0.137 e. The Bertz CT molecular complexity index is 492. The molecule has 2 saturated heterocycles. The van der Waals surface area contributed by atoms with Crippen LogP contribution in [0.25, 0.3) is 0 Å². The van der Waals surface area contributed by atoms with E-state index in [9.17, 15) is 0 Å². The molecule has 1 aromatic rings. The average molecular weight is 282 g/mol. The number of nitrogens with one attached hydrogen (secondary N) is 1. The van der Waals surface area contributed by atoms with E-state index in [-0.39, 0.29) is 5.92 Å². The summed E-state index contributed by atoms with van der Waals surface area (Å²) < 4.78 is 5.87. The van der Waals surface area contributed by atoms with Crippen molar-refractivity contribution in [2.75, 3.05) is 5.32 Å². The summed E-state index contributed by atoms with van der Waals surface area (Å²) in [6.45, 7) is 6.11. The van der Waals surface area contributed by atoms with Gasteiger partial charge in [-0.3, -0.25) is 0 Å². The molecule has 3 unspecified atom stereocenters. The normalized spacial score (nSPS) is 29.2. The number of nitrogens with zero attached hydrogens (tertiary/aromatic N) is 2. The summed E-state index contributed by atoms with van der Waals surface area (Å²) in [6.07, 6.45) is 4.19. The average Bonchev–Trinajstić information content (AvgIpc) is 2.96. The van der Waals surface area contributed by atoms with Gasteiger partial charge in [0.1, 0.15) is 16.8 Å². The molecule has 2 aliphatic heterocycles. The van der Waals surface area contributed by atoms with Crippen LogP contribution in [-0.4, -0.2) is 28.2 Å². The van der Waals surface area contributed by atoms with Crippen LogP contribution >= 0.6 is 11.6 Å². The summed E-state index contributed by atoms with van der Waals surface area (Å²) in [6, 6.07) is 0.364. The Balaban J connectivity index is 1.83. The molecule has 0 saturated carbocycles. The number of anilines is 1. The van der Waals surface area contributed by atoms with Crippen LogP contribution in [0.5, 0.6) is 0 Å². The second-order valence-corrected chi connectivity index (χ2v) is 6.22. The number of ether oxygens (including phenoxy) is 1. The predicted octanol–water partition coefficient (Wildman–Crippen LogP) is 3.29. The van der Waals surface area contributed by atoms with Crippen molar-refractivity contribution in [2.24, 2.45) is 0 Å². The van der Waals surface area contributed by atoms with Gasteiger partial charge >= 0.3 is 0 Å². The van der Waals surface area contributed by atoms with E-state index in [1.165, 1.54) is 6.42 Å². The molecule has 4 nitrogen and oxygen atoms in total. The fourth-order valence-corrected chi connectivity index (χ4v) is 3.05. The zero-order valence-electron chi connectivity index (χ0n) is 11.6. The van der Waals surface area contributed by atoms with E-state index in [1.807, 2.05) is 6.92 Å². The number of hydrogen-bond acceptors (Lipinski definition) is 4. The maximum atomic E-state index is 6.21. The van der Waals surface area contributed by atoms with E-state index in [4.69, 9.17) is 16.3 Å². The third-order valence-electron chi connectivity index (χ3n) is 4.05. The number of hydrogen-bond donors (Lipinski definition) is 1. The Kier molecular flexibility index (Phi) is 3.39. The summed E-state index contributed by atoms with van der Waals surface area (Å²) in [4.78, 5) is 8.96. The van der Waals surface area contributed by atoms with Gasteiger partial charge < -0.3 is 10.1 Å². The SMILES string of the molecule is Cc1c(Cl)nc(C(C)C)nc1NC1CC2CCC1O2. The first-order chi connectivity index (χ1) is 9.04. The van der Waals surface area contributed by atoms with Gasteiger partial charge in [-0.25, -0.2) is 9.97 Å². The molecule has 1 aromatic heterocycles. The smallest absolute Gasteiger partial charge is 0.137 e. The van der Waals surface area contributed by atoms with Gasteiger partial charge in [0.05, 0.1) is 18.2 Å². The third-order valence-corrected chi connectivity index (χ3v) is 4.42. The lowest BCUT2D eigenvalue weighted by molar-refractivity contribution is 0.102. The van der Waals surface area contributed by atoms with Gasteiger partial charge in [-0.05, 0) is 26.2 Å². The van der Waals surface area contributed by atoms with Gasteiger partial charge in [0.25, 0.3) is 0 Å². The molecule has 3 rings (SSSR count). The lowest BCUT2D eigenvalue weighted by Gasteiger charge is -2.22. The zero-order valence-corrected chi connectivity index (χ0v) is 12.4. The molecule has 0 spiro atoms. The van der Waals surface area contributed by atoms with E-state index < -0.39 is 0 Å². The maximum absolute atomic E-state index is 6.21. The zero-order chi connectivity index (χ0) is 13.6. The molecule has 2 aliphatic rings. The molecule has 19 heavy (non-hydrogen) atoms. The number of aromatic nitrogens is 2. The highest BCUT2D eigenvalue weighted by molar-refractivity contribution is 6.30. The summed E-state index contributed by atoms with van der Waals surface area (Å²) in [7, 11) is 0. The van der Waals surface area contributed by atoms with Crippen molar-refractivity contribution in [3.63, 3.8) is 0 Å². The van der Waals surface area contributed by atoms with Crippen molar-refractivity contribution in [1.82, 2.24) is 9.97 Å². The van der Waals surface area contributed by atoms with Crippen LogP contribution in [0, 0.1) is 6.92 Å². The van der Waals surface area contributed by atoms with Crippen molar-refractivity contribution in [3.8, 4) is 0 Å². The number of rotatable bonds is 3. The highest BCUT2D eigenvalue weighted by Crippen LogP contribution is 2.36. The number of halogens is 1. The minimum absolute atomic E-state index is 0.273. The van der Waals surface area contributed by atoms with Crippen molar-refractivity contribution in [2.45, 2.75) is 64.2 Å². The molecule has 3 atom stereocenters. The van der Waals surface area contributed by atoms with Gasteiger partial charge in [-0.2, -0.15) is 0 Å². The monoisotopic (exact) mass is 281 g/mol. The topological polar surface area (TPSA) is 47.0 Å². The Morgan fingerprint density at radius 2 is 2.11 bits per heavy atom. The van der Waals surface area contributed by atoms with E-state index >= 15 is 0 Å². The molecule has 0 amide bonds. The minimum atomic E-state index is 0.273. The molecule has 2 bridgehead atoms. The Morgan fingerprint density at radius 1 is 1.32 bits per heavy atom. The lowest BCUT2D eigenvalue weighted by atomic mass is 9.95. The summed E-state index contributed by atoms with van der Waals surface area (Å²) in [5.74, 6) is 1.93. The molecule has 0 aromatic carbocycles. The molecule has 5 heteroatoms. The second-order valence-electron chi connectivity index (χ2n) is 5.86. The summed E-state index contributed by atoms with van der Waals surface area (Å²) in [5, 5.41) is 4.06. The predicted molar refractivity (Wildman–Crippen MR) is 75.8 cm³/mol. The van der Waals surface area contributed by atoms with E-state index in [2.05, 4.69) is 29.1 Å². The van der Waals surface area contributed by atoms with Gasteiger partial charge in [0.15, 0.2) is 0 Å². The van der Waals surface area contributed by atoms with Crippen molar-refractivity contribution < 1.29 is 4.74 Å². The molecular weight excluding hydrogens is 262 g/mol. The van der Waals surface area contributed by atoms with Crippen LogP contribution < -0.4 is 5.32 Å². The Labute approximate surface area is 118 Å². The fraction of sp³-hybridized carbons (Fsp3) is 0.714. The van der Waals surface area contributed by atoms with E-state index in [0.717, 1.165) is 30.0 Å². The minimum Gasteiger partial charge on any atom is -0.373 e. The number of fused-ring (bicyclic) bond motifs is 2. The quantitative estimate of drug-likeness (QED) is 0.864. The summed E-state index contributed by atoms with van der Waals surface area (Å²) >= 11 is 6.21. The molecule has 1 N–H and O–H groups in total. The first kappa shape index (κ1) is 13.1. The van der Waals surface area contributed by atoms with Crippen LogP contribution in [-0.2, 0) is 4.74 Å². The second kappa shape index (κ2) is 4.91. The van der Waals surface area contributed by atoms with E-state index in [0.29, 0.717) is 23.4 Å². The van der Waals surface area contributed by atoms with Crippen molar-refractivity contribution in [3.05, 3.63) is 16.5 Å². The highest BCUT2D eigenvalue weighted by atomic mass is 35.5. The third kappa shape index (κ3) is 2.43. The molecular formula is C14H20ClN3O. The van der Waals surface area contributed by atoms with Crippen LogP contribution in [0.15, 0.2) is 0 Å². The molecule has 104 valence electrons. The largest absolute Gasteiger partial charge is 0.373 e. The van der Waals surface area contributed by atoms with Crippen molar-refractivity contribution >= 4 is 17.4 Å². The Morgan fingerprint density at radius 3 is 2.68 bits per heavy atom. The van der Waals surface area contributed by atoms with Gasteiger partial charge in [0.2, 0.25) is 0 Å². The highest BCUT2D eigenvalue weighted by Gasteiger charge is 2.41. The molecule has 0 radical (unpaired) electrons. The van der Waals surface area contributed by atoms with Gasteiger partial charge in [-0.15, -0.1) is 0 Å².